The van der Waals surface area contributed by atoms with Gasteiger partial charge in [0.25, 0.3) is 0 Å². The third-order valence-electron chi connectivity index (χ3n) is 3.98. The number of aliphatic hydroxyl groups is 1. The van der Waals surface area contributed by atoms with Gasteiger partial charge in [-0.1, -0.05) is 13.0 Å². The van der Waals surface area contributed by atoms with Crippen LogP contribution in [-0.2, 0) is 5.41 Å². The molecule has 4 nitrogen and oxygen atoms in total. The summed E-state index contributed by atoms with van der Waals surface area (Å²) >= 11 is 0. The van der Waals surface area contributed by atoms with Crippen molar-refractivity contribution in [2.75, 3.05) is 13.2 Å². The molecule has 2 rings (SSSR count). The van der Waals surface area contributed by atoms with E-state index in [9.17, 15) is 13.6 Å². The fourth-order valence-corrected chi connectivity index (χ4v) is 2.43. The van der Waals surface area contributed by atoms with Crippen molar-refractivity contribution in [1.82, 2.24) is 10.6 Å². The zero-order chi connectivity index (χ0) is 15.5. The van der Waals surface area contributed by atoms with Gasteiger partial charge in [-0.2, -0.15) is 0 Å². The first kappa shape index (κ1) is 15.7. The number of carbonyl (C=O) groups excluding carboxylic acids is 1. The fourth-order valence-electron chi connectivity index (χ4n) is 2.43. The molecule has 3 N–H and O–H groups in total. The average Bonchev–Trinajstić information content (AvgIpc) is 3.23. The van der Waals surface area contributed by atoms with Crippen LogP contribution in [0.2, 0.25) is 0 Å². The van der Waals surface area contributed by atoms with E-state index < -0.39 is 23.1 Å². The Hall–Kier alpha value is -1.69. The second kappa shape index (κ2) is 6.39. The Balaban J connectivity index is 1.98. The predicted molar refractivity (Wildman–Crippen MR) is 75.0 cm³/mol. The van der Waals surface area contributed by atoms with E-state index >= 15 is 0 Å². The summed E-state index contributed by atoms with van der Waals surface area (Å²) in [5.41, 5.74) is -0.590. The molecule has 1 aromatic rings. The molecule has 1 aliphatic rings. The molecule has 1 unspecified atom stereocenters. The summed E-state index contributed by atoms with van der Waals surface area (Å²) < 4.78 is 27.7. The molecule has 1 saturated carbocycles. The first-order valence-corrected chi connectivity index (χ1v) is 7.12. The quantitative estimate of drug-likeness (QED) is 0.753. The van der Waals surface area contributed by atoms with E-state index in [0.29, 0.717) is 19.3 Å². The summed E-state index contributed by atoms with van der Waals surface area (Å²) in [6, 6.07) is 3.05. The fraction of sp³-hybridized carbons (Fsp3) is 0.533. The molecule has 1 fully saturated rings. The average molecular weight is 298 g/mol. The van der Waals surface area contributed by atoms with Crippen molar-refractivity contribution in [1.29, 1.82) is 0 Å². The number of carbonyl (C=O) groups is 1. The van der Waals surface area contributed by atoms with E-state index in [0.717, 1.165) is 0 Å². The number of amides is 2. The Morgan fingerprint density at radius 3 is 2.48 bits per heavy atom. The van der Waals surface area contributed by atoms with Crippen LogP contribution < -0.4 is 10.6 Å². The summed E-state index contributed by atoms with van der Waals surface area (Å²) in [7, 11) is 0. The van der Waals surface area contributed by atoms with Crippen molar-refractivity contribution in [2.45, 2.75) is 37.6 Å². The third kappa shape index (κ3) is 3.50. The van der Waals surface area contributed by atoms with Gasteiger partial charge in [-0.05, 0) is 31.4 Å². The highest BCUT2D eigenvalue weighted by atomic mass is 19.1. The second-order valence-electron chi connectivity index (χ2n) is 5.49. The SMILES string of the molecule is CCC(CO)NC(=O)NCC1(c2c(F)cccc2F)CC1. The highest BCUT2D eigenvalue weighted by Crippen LogP contribution is 2.49. The Morgan fingerprint density at radius 1 is 1.38 bits per heavy atom. The summed E-state index contributed by atoms with van der Waals surface area (Å²) in [4.78, 5) is 11.7. The van der Waals surface area contributed by atoms with Crippen LogP contribution in [0.3, 0.4) is 0 Å². The standard InChI is InChI=1S/C15H20F2N2O2/c1-2-10(8-20)19-14(21)18-9-15(6-7-15)13-11(16)4-3-5-12(13)17/h3-5,10,20H,2,6-9H2,1H3,(H2,18,19,21). The number of urea groups is 1. The van der Waals surface area contributed by atoms with E-state index in [1.54, 1.807) is 0 Å². The Bertz CT molecular complexity index is 494. The zero-order valence-corrected chi connectivity index (χ0v) is 12.0. The van der Waals surface area contributed by atoms with Crippen molar-refractivity contribution >= 4 is 6.03 Å². The third-order valence-corrected chi connectivity index (χ3v) is 3.98. The molecule has 1 atom stereocenters. The minimum absolute atomic E-state index is 0.0551. The molecule has 0 saturated heterocycles. The van der Waals surface area contributed by atoms with Gasteiger partial charge in [0, 0.05) is 17.5 Å². The first-order chi connectivity index (χ1) is 10.0. The largest absolute Gasteiger partial charge is 0.394 e. The maximum Gasteiger partial charge on any atom is 0.315 e. The molecule has 2 amide bonds. The lowest BCUT2D eigenvalue weighted by Crippen LogP contribution is -2.45. The lowest BCUT2D eigenvalue weighted by atomic mass is 9.94. The van der Waals surface area contributed by atoms with Crippen LogP contribution in [-0.4, -0.2) is 30.3 Å². The number of nitrogens with one attached hydrogen (secondary N) is 2. The monoisotopic (exact) mass is 298 g/mol. The summed E-state index contributed by atoms with van der Waals surface area (Å²) in [5, 5.41) is 14.3. The molecule has 0 radical (unpaired) electrons. The van der Waals surface area contributed by atoms with Crippen molar-refractivity contribution in [2.24, 2.45) is 0 Å². The molecule has 0 heterocycles. The van der Waals surface area contributed by atoms with Gasteiger partial charge < -0.3 is 15.7 Å². The van der Waals surface area contributed by atoms with Crippen molar-refractivity contribution < 1.29 is 18.7 Å². The topological polar surface area (TPSA) is 61.4 Å². The number of benzene rings is 1. The molecule has 21 heavy (non-hydrogen) atoms. The van der Waals surface area contributed by atoms with Gasteiger partial charge in [0.2, 0.25) is 0 Å². The molecule has 1 aromatic carbocycles. The summed E-state index contributed by atoms with van der Waals surface area (Å²) in [5.74, 6) is -1.15. The van der Waals surface area contributed by atoms with Gasteiger partial charge in [0.05, 0.1) is 12.6 Å². The Labute approximate surface area is 122 Å². The molecule has 6 heteroatoms. The molecular formula is C15H20F2N2O2. The summed E-state index contributed by atoms with van der Waals surface area (Å²) in [6.45, 7) is 1.88. The van der Waals surface area contributed by atoms with Crippen LogP contribution >= 0.6 is 0 Å². The predicted octanol–water partition coefficient (Wildman–Crippen LogP) is 2.07. The van der Waals surface area contributed by atoms with Gasteiger partial charge in [-0.3, -0.25) is 0 Å². The minimum atomic E-state index is -0.645. The van der Waals surface area contributed by atoms with Gasteiger partial charge in [-0.15, -0.1) is 0 Å². The first-order valence-electron chi connectivity index (χ1n) is 7.12. The maximum atomic E-state index is 13.8. The molecule has 116 valence electrons. The van der Waals surface area contributed by atoms with Crippen molar-refractivity contribution in [3.8, 4) is 0 Å². The van der Waals surface area contributed by atoms with Gasteiger partial charge in [-0.25, -0.2) is 13.6 Å². The zero-order valence-electron chi connectivity index (χ0n) is 12.0. The maximum absolute atomic E-state index is 13.8. The lowest BCUT2D eigenvalue weighted by Gasteiger charge is -2.20. The number of halogens is 2. The van der Waals surface area contributed by atoms with Crippen LogP contribution in [0.15, 0.2) is 18.2 Å². The number of hydrogen-bond acceptors (Lipinski definition) is 2. The number of aliphatic hydroxyl groups excluding tert-OH is 1. The van der Waals surface area contributed by atoms with Crippen molar-refractivity contribution in [3.05, 3.63) is 35.4 Å². The highest BCUT2D eigenvalue weighted by Gasteiger charge is 2.48. The minimum Gasteiger partial charge on any atom is -0.394 e. The van der Waals surface area contributed by atoms with Gasteiger partial charge >= 0.3 is 6.03 Å². The van der Waals surface area contributed by atoms with Crippen LogP contribution in [0.5, 0.6) is 0 Å². The van der Waals surface area contributed by atoms with Crippen LogP contribution in [0.1, 0.15) is 31.7 Å². The normalized spacial score (nSPS) is 17.1. The smallest absolute Gasteiger partial charge is 0.315 e. The van der Waals surface area contributed by atoms with Gasteiger partial charge in [0.15, 0.2) is 0 Å². The Kier molecular flexibility index (Phi) is 4.77. The molecule has 0 aromatic heterocycles. The Morgan fingerprint density at radius 2 is 2.00 bits per heavy atom. The van der Waals surface area contributed by atoms with Crippen LogP contribution in [0.4, 0.5) is 13.6 Å². The van der Waals surface area contributed by atoms with E-state index in [1.165, 1.54) is 18.2 Å². The lowest BCUT2D eigenvalue weighted by molar-refractivity contribution is 0.214. The highest BCUT2D eigenvalue weighted by molar-refractivity contribution is 5.74. The van der Waals surface area contributed by atoms with E-state index in [4.69, 9.17) is 5.11 Å². The number of rotatable bonds is 6. The molecule has 1 aliphatic carbocycles. The van der Waals surface area contributed by atoms with Crippen LogP contribution in [0, 0.1) is 11.6 Å². The van der Waals surface area contributed by atoms with E-state index in [-0.39, 0.29) is 24.8 Å². The van der Waals surface area contributed by atoms with Crippen LogP contribution in [0.25, 0.3) is 0 Å². The molecule has 0 spiro atoms. The van der Waals surface area contributed by atoms with E-state index in [1.807, 2.05) is 6.92 Å². The molecular weight excluding hydrogens is 278 g/mol. The number of hydrogen-bond donors (Lipinski definition) is 3. The molecule has 0 aliphatic heterocycles. The second-order valence-corrected chi connectivity index (χ2v) is 5.49. The van der Waals surface area contributed by atoms with Crippen molar-refractivity contribution in [3.63, 3.8) is 0 Å². The van der Waals surface area contributed by atoms with E-state index in [2.05, 4.69) is 10.6 Å². The van der Waals surface area contributed by atoms with Gasteiger partial charge in [0.1, 0.15) is 11.6 Å². The summed E-state index contributed by atoms with van der Waals surface area (Å²) in [6.07, 6.45) is 1.89. The molecule has 0 bridgehead atoms.